The smallest absolute Gasteiger partial charge is 0.326 e. The normalized spacial score (nSPS) is 13.6. The molecule has 110 valence electrons. The van der Waals surface area contributed by atoms with Crippen LogP contribution in [0.5, 0.6) is 0 Å². The van der Waals surface area contributed by atoms with Crippen molar-refractivity contribution >= 4 is 17.7 Å². The van der Waals surface area contributed by atoms with Gasteiger partial charge in [0.2, 0.25) is 5.78 Å². The maximum absolute atomic E-state index is 11.5. The Morgan fingerprint density at radius 3 is 2.26 bits per heavy atom. The monoisotopic (exact) mass is 273 g/mol. The quantitative estimate of drug-likeness (QED) is 0.404. The Labute approximate surface area is 113 Å². The Balaban J connectivity index is 4.16. The highest BCUT2D eigenvalue weighted by Crippen LogP contribution is 2.04. The molecule has 1 unspecified atom stereocenters. The lowest BCUT2D eigenvalue weighted by molar-refractivity contribution is -0.145. The zero-order valence-corrected chi connectivity index (χ0v) is 11.5. The molecule has 3 N–H and O–H groups in total. The summed E-state index contributed by atoms with van der Waals surface area (Å²) < 4.78 is 0. The zero-order valence-electron chi connectivity index (χ0n) is 11.5. The number of unbranched alkanes of at least 4 members (excludes halogenated alkanes) is 3. The van der Waals surface area contributed by atoms with E-state index in [1.165, 1.54) is 6.92 Å². The molecule has 0 radical (unpaired) electrons. The zero-order chi connectivity index (χ0) is 14.8. The summed E-state index contributed by atoms with van der Waals surface area (Å²) in [6.45, 7) is 3.47. The molecule has 0 aromatic carbocycles. The fourth-order valence-corrected chi connectivity index (χ4v) is 1.63. The molecule has 2 atom stereocenters. The molecule has 0 aliphatic rings. The minimum absolute atomic E-state index is 0.121. The van der Waals surface area contributed by atoms with Crippen molar-refractivity contribution in [2.75, 3.05) is 0 Å². The third-order valence-corrected chi connectivity index (χ3v) is 2.69. The van der Waals surface area contributed by atoms with Crippen molar-refractivity contribution in [3.8, 4) is 0 Å². The van der Waals surface area contributed by atoms with Crippen molar-refractivity contribution in [1.29, 1.82) is 0 Å². The molecule has 0 saturated heterocycles. The summed E-state index contributed by atoms with van der Waals surface area (Å²) >= 11 is 0. The van der Waals surface area contributed by atoms with Crippen LogP contribution in [0, 0.1) is 0 Å². The molecule has 0 spiro atoms. The number of ketones is 1. The van der Waals surface area contributed by atoms with E-state index in [2.05, 4.69) is 5.32 Å². The van der Waals surface area contributed by atoms with Gasteiger partial charge in [0.1, 0.15) is 6.04 Å². The maximum atomic E-state index is 11.5. The number of amides is 1. The predicted molar refractivity (Wildman–Crippen MR) is 69.6 cm³/mol. The molecule has 6 nitrogen and oxygen atoms in total. The van der Waals surface area contributed by atoms with Crippen LogP contribution in [0.3, 0.4) is 0 Å². The highest BCUT2D eigenvalue weighted by atomic mass is 16.4. The summed E-state index contributed by atoms with van der Waals surface area (Å²) in [7, 11) is 0. The van der Waals surface area contributed by atoms with E-state index >= 15 is 0 Å². The first-order valence-electron chi connectivity index (χ1n) is 6.63. The summed E-state index contributed by atoms with van der Waals surface area (Å²) in [6, 6.07) is -1.23. The molecule has 19 heavy (non-hydrogen) atoms. The van der Waals surface area contributed by atoms with Gasteiger partial charge in [-0.3, -0.25) is 9.59 Å². The Kier molecular flexibility index (Phi) is 8.78. The molecule has 0 aromatic heterocycles. The number of carboxylic acids is 1. The average molecular weight is 273 g/mol. The van der Waals surface area contributed by atoms with E-state index in [1.807, 2.05) is 6.92 Å². The molecular weight excluding hydrogens is 250 g/mol. The molecule has 0 rings (SSSR count). The molecule has 0 aromatic rings. The standard InChI is InChI=1S/C13H23NO5/c1-3-4-5-6-7-11(16)12(17)14-10(13(18)19)8-9(2)15/h9-10,15H,3-8H2,1-2H3,(H,14,17)(H,18,19)/t9?,10-/m0/s1. The van der Waals surface area contributed by atoms with E-state index in [-0.39, 0.29) is 12.8 Å². The van der Waals surface area contributed by atoms with E-state index < -0.39 is 29.8 Å². The van der Waals surface area contributed by atoms with Gasteiger partial charge in [-0.05, 0) is 13.3 Å². The van der Waals surface area contributed by atoms with Gasteiger partial charge < -0.3 is 15.5 Å². The number of rotatable bonds is 10. The van der Waals surface area contributed by atoms with Gasteiger partial charge >= 0.3 is 5.97 Å². The third kappa shape index (κ3) is 8.31. The first-order valence-corrected chi connectivity index (χ1v) is 6.63. The van der Waals surface area contributed by atoms with E-state index in [9.17, 15) is 14.4 Å². The number of aliphatic carboxylic acids is 1. The number of hydrogen-bond acceptors (Lipinski definition) is 4. The Bertz CT molecular complexity index is 314. The van der Waals surface area contributed by atoms with Gasteiger partial charge in [-0.2, -0.15) is 0 Å². The van der Waals surface area contributed by atoms with Crippen LogP contribution in [0.25, 0.3) is 0 Å². The molecule has 0 aliphatic carbocycles. The largest absolute Gasteiger partial charge is 0.480 e. The Morgan fingerprint density at radius 2 is 1.79 bits per heavy atom. The van der Waals surface area contributed by atoms with Crippen molar-refractivity contribution in [3.63, 3.8) is 0 Å². The highest BCUT2D eigenvalue weighted by molar-refractivity contribution is 6.36. The highest BCUT2D eigenvalue weighted by Gasteiger charge is 2.24. The molecule has 6 heteroatoms. The van der Waals surface area contributed by atoms with Crippen molar-refractivity contribution in [2.24, 2.45) is 0 Å². The SMILES string of the molecule is CCCCCCC(=O)C(=O)N[C@@H](CC(C)O)C(=O)O. The molecule has 0 heterocycles. The summed E-state index contributed by atoms with van der Waals surface area (Å²) in [6.07, 6.45) is 2.71. The number of hydrogen-bond donors (Lipinski definition) is 3. The molecular formula is C13H23NO5. The van der Waals surface area contributed by atoms with E-state index in [0.717, 1.165) is 19.3 Å². The van der Waals surface area contributed by atoms with Crippen molar-refractivity contribution < 1.29 is 24.6 Å². The predicted octanol–water partition coefficient (Wildman–Crippen LogP) is 0.866. The molecule has 1 amide bonds. The van der Waals surface area contributed by atoms with Crippen LogP contribution in [0.4, 0.5) is 0 Å². The fraction of sp³-hybridized carbons (Fsp3) is 0.769. The van der Waals surface area contributed by atoms with Crippen LogP contribution in [0.2, 0.25) is 0 Å². The second kappa shape index (κ2) is 9.49. The summed E-state index contributed by atoms with van der Waals surface area (Å²) in [5.41, 5.74) is 0. The van der Waals surface area contributed by atoms with Crippen molar-refractivity contribution in [1.82, 2.24) is 5.32 Å². The number of carbonyl (C=O) groups excluding carboxylic acids is 2. The second-order valence-electron chi connectivity index (χ2n) is 4.68. The molecule has 0 aliphatic heterocycles. The first kappa shape index (κ1) is 17.6. The third-order valence-electron chi connectivity index (χ3n) is 2.69. The van der Waals surface area contributed by atoms with E-state index in [4.69, 9.17) is 10.2 Å². The van der Waals surface area contributed by atoms with Crippen LogP contribution < -0.4 is 5.32 Å². The Hall–Kier alpha value is -1.43. The Morgan fingerprint density at radius 1 is 1.16 bits per heavy atom. The van der Waals surface area contributed by atoms with Gasteiger partial charge in [-0.1, -0.05) is 26.2 Å². The summed E-state index contributed by atoms with van der Waals surface area (Å²) in [4.78, 5) is 33.8. The van der Waals surface area contributed by atoms with Crippen LogP contribution in [-0.4, -0.2) is 40.0 Å². The number of nitrogens with one attached hydrogen (secondary N) is 1. The van der Waals surface area contributed by atoms with Crippen LogP contribution in [-0.2, 0) is 14.4 Å². The average Bonchev–Trinajstić information content (AvgIpc) is 2.32. The number of carbonyl (C=O) groups is 3. The van der Waals surface area contributed by atoms with E-state index in [1.54, 1.807) is 0 Å². The van der Waals surface area contributed by atoms with Crippen molar-refractivity contribution in [3.05, 3.63) is 0 Å². The van der Waals surface area contributed by atoms with Crippen LogP contribution in [0.15, 0.2) is 0 Å². The summed E-state index contributed by atoms with van der Waals surface area (Å²) in [5.74, 6) is -2.74. The number of Topliss-reactive ketones (excluding diaryl/α,β-unsaturated/α-hetero) is 1. The first-order chi connectivity index (χ1) is 8.88. The number of aliphatic hydroxyl groups is 1. The van der Waals surface area contributed by atoms with Gasteiger partial charge in [0, 0.05) is 12.8 Å². The second-order valence-corrected chi connectivity index (χ2v) is 4.68. The lowest BCUT2D eigenvalue weighted by atomic mass is 10.1. The van der Waals surface area contributed by atoms with Gasteiger partial charge in [0.05, 0.1) is 6.10 Å². The summed E-state index contributed by atoms with van der Waals surface area (Å²) in [5, 5.41) is 20.1. The van der Waals surface area contributed by atoms with Crippen molar-refractivity contribution in [2.45, 2.75) is 64.5 Å². The fourth-order valence-electron chi connectivity index (χ4n) is 1.63. The topological polar surface area (TPSA) is 104 Å². The van der Waals surface area contributed by atoms with Gasteiger partial charge in [-0.25, -0.2) is 4.79 Å². The molecule has 0 bridgehead atoms. The minimum atomic E-state index is -1.26. The van der Waals surface area contributed by atoms with Gasteiger partial charge in [0.15, 0.2) is 0 Å². The van der Waals surface area contributed by atoms with Gasteiger partial charge in [0.25, 0.3) is 5.91 Å². The van der Waals surface area contributed by atoms with Gasteiger partial charge in [-0.15, -0.1) is 0 Å². The number of carboxylic acid groups (broad SMARTS) is 1. The lowest BCUT2D eigenvalue weighted by Crippen LogP contribution is -2.45. The maximum Gasteiger partial charge on any atom is 0.326 e. The number of aliphatic hydroxyl groups excluding tert-OH is 1. The van der Waals surface area contributed by atoms with Crippen LogP contribution in [0.1, 0.15) is 52.4 Å². The van der Waals surface area contributed by atoms with E-state index in [0.29, 0.717) is 6.42 Å². The minimum Gasteiger partial charge on any atom is -0.480 e. The van der Waals surface area contributed by atoms with Crippen LogP contribution >= 0.6 is 0 Å². The molecule has 0 fully saturated rings. The lowest BCUT2D eigenvalue weighted by Gasteiger charge is -2.15. The molecule has 0 saturated carbocycles.